The number of carbonyl (C=O) groups excluding carboxylic acids is 1. The van der Waals surface area contributed by atoms with Crippen LogP contribution in [0.4, 0.5) is 0 Å². The third-order valence-electron chi connectivity index (χ3n) is 6.39. The van der Waals surface area contributed by atoms with Crippen LogP contribution in [-0.2, 0) is 20.9 Å². The maximum absolute atomic E-state index is 11.9. The maximum atomic E-state index is 11.9. The molecule has 0 aliphatic heterocycles. The van der Waals surface area contributed by atoms with Crippen molar-refractivity contribution in [2.45, 2.75) is 78.9 Å². The second-order valence-corrected chi connectivity index (χ2v) is 10.9. The number of ketones is 1. The summed E-state index contributed by atoms with van der Waals surface area (Å²) in [6, 6.07) is 15.9. The summed E-state index contributed by atoms with van der Waals surface area (Å²) in [5, 5.41) is 0. The van der Waals surface area contributed by atoms with Crippen LogP contribution in [0.15, 0.2) is 54.0 Å². The number of rotatable bonds is 20. The lowest BCUT2D eigenvalue weighted by Gasteiger charge is -2.13. The van der Waals surface area contributed by atoms with Gasteiger partial charge in [-0.3, -0.25) is 9.63 Å². The molecule has 232 valence electrons. The van der Waals surface area contributed by atoms with Gasteiger partial charge in [0.15, 0.2) is 5.78 Å². The minimum Gasteiger partial charge on any atom is -0.491 e. The Morgan fingerprint density at radius 2 is 1.76 bits per heavy atom. The minimum atomic E-state index is 0.175. The van der Waals surface area contributed by atoms with Gasteiger partial charge in [0.2, 0.25) is 0 Å². The van der Waals surface area contributed by atoms with Crippen LogP contribution in [0.3, 0.4) is 0 Å². The number of aromatic nitrogens is 1. The van der Waals surface area contributed by atoms with Gasteiger partial charge in [-0.1, -0.05) is 69.5 Å². The Bertz CT molecular complexity index is 1120. The number of carbonyl (C=O) groups is 1. The molecule has 3 rings (SSSR count). The first-order chi connectivity index (χ1) is 20.5. The van der Waals surface area contributed by atoms with Crippen LogP contribution >= 0.6 is 11.3 Å². The van der Waals surface area contributed by atoms with Crippen molar-refractivity contribution in [3.8, 4) is 16.2 Å². The van der Waals surface area contributed by atoms with E-state index < -0.39 is 0 Å². The second-order valence-electron chi connectivity index (χ2n) is 10.00. The molecule has 1 heterocycles. The van der Waals surface area contributed by atoms with Gasteiger partial charge in [0.05, 0.1) is 42.0 Å². The van der Waals surface area contributed by atoms with Gasteiger partial charge < -0.3 is 14.2 Å². The lowest BCUT2D eigenvalue weighted by Crippen LogP contribution is -2.34. The average molecular weight is 600 g/mol. The number of aryl methyl sites for hydroxylation is 1. The molecular formula is C33H49N3O5S. The smallest absolute Gasteiger partial charge is 0.163 e. The van der Waals surface area contributed by atoms with Gasteiger partial charge in [0.25, 0.3) is 0 Å². The van der Waals surface area contributed by atoms with E-state index in [9.17, 15) is 4.79 Å². The third kappa shape index (κ3) is 14.5. The first kappa shape index (κ1) is 35.5. The molecule has 42 heavy (non-hydrogen) atoms. The van der Waals surface area contributed by atoms with E-state index in [1.807, 2.05) is 30.6 Å². The van der Waals surface area contributed by atoms with Crippen molar-refractivity contribution in [1.29, 1.82) is 0 Å². The summed E-state index contributed by atoms with van der Waals surface area (Å²) in [5.74, 6) is 0.885. The minimum absolute atomic E-state index is 0.175. The second kappa shape index (κ2) is 22.0. The summed E-state index contributed by atoms with van der Waals surface area (Å²) in [7, 11) is 1.64. The molecule has 0 amide bonds. The highest BCUT2D eigenvalue weighted by atomic mass is 32.1. The summed E-state index contributed by atoms with van der Waals surface area (Å²) >= 11 is 1.68. The number of nitrogens with one attached hydrogen (secondary N) is 2. The third-order valence-corrected chi connectivity index (χ3v) is 7.37. The molecule has 1 atom stereocenters. The number of thiazole rings is 1. The zero-order valence-corrected chi connectivity index (χ0v) is 26.8. The Morgan fingerprint density at radius 3 is 2.45 bits per heavy atom. The molecule has 0 aliphatic rings. The van der Waals surface area contributed by atoms with Crippen LogP contribution in [0.1, 0.15) is 80.9 Å². The molecule has 0 aliphatic carbocycles. The van der Waals surface area contributed by atoms with Crippen molar-refractivity contribution in [3.63, 3.8) is 0 Å². The Labute approximate surface area is 256 Å². The van der Waals surface area contributed by atoms with Crippen LogP contribution < -0.4 is 15.8 Å². The molecule has 0 saturated carbocycles. The molecule has 2 aromatic carbocycles. The number of benzene rings is 2. The van der Waals surface area contributed by atoms with E-state index in [-0.39, 0.29) is 11.9 Å². The lowest BCUT2D eigenvalue weighted by atomic mass is 10.1. The number of ether oxygens (including phenoxy) is 3. The van der Waals surface area contributed by atoms with E-state index in [1.165, 1.54) is 28.8 Å². The van der Waals surface area contributed by atoms with E-state index in [0.717, 1.165) is 37.1 Å². The Hall–Kier alpha value is -2.66. The Kier molecular flexibility index (Phi) is 18.6. The number of methoxy groups -OCH3 is 1. The van der Waals surface area contributed by atoms with Gasteiger partial charge in [-0.05, 0) is 49.9 Å². The summed E-state index contributed by atoms with van der Waals surface area (Å²) in [6.45, 7) is 11.2. The van der Waals surface area contributed by atoms with E-state index >= 15 is 0 Å². The van der Waals surface area contributed by atoms with Crippen molar-refractivity contribution < 1.29 is 23.8 Å². The number of nitrogens with zero attached hydrogens (tertiary/aromatic N) is 1. The SMILES string of the molecule is CCCCC(=O)c1cccc(OCCOCCOC)c1.CCCCC(C)ONNCc1ccc(-c2scnc2C)cc1. The van der Waals surface area contributed by atoms with Gasteiger partial charge >= 0.3 is 0 Å². The van der Waals surface area contributed by atoms with Gasteiger partial charge in [-0.15, -0.1) is 16.9 Å². The largest absolute Gasteiger partial charge is 0.491 e. The van der Waals surface area contributed by atoms with E-state index in [2.05, 4.69) is 61.0 Å². The topological polar surface area (TPSA) is 90.9 Å². The summed E-state index contributed by atoms with van der Waals surface area (Å²) in [5.41, 5.74) is 12.1. The van der Waals surface area contributed by atoms with Crippen molar-refractivity contribution in [3.05, 3.63) is 70.9 Å². The molecule has 9 heteroatoms. The molecule has 3 aromatic rings. The Balaban J connectivity index is 0.000000295. The van der Waals surface area contributed by atoms with E-state index in [4.69, 9.17) is 19.0 Å². The first-order valence-electron chi connectivity index (χ1n) is 14.9. The van der Waals surface area contributed by atoms with Crippen molar-refractivity contribution in [1.82, 2.24) is 16.0 Å². The zero-order chi connectivity index (χ0) is 30.4. The highest BCUT2D eigenvalue weighted by Crippen LogP contribution is 2.27. The van der Waals surface area contributed by atoms with Crippen molar-refractivity contribution in [2.75, 3.05) is 33.5 Å². The van der Waals surface area contributed by atoms with Crippen LogP contribution in [0, 0.1) is 6.92 Å². The summed E-state index contributed by atoms with van der Waals surface area (Å²) < 4.78 is 15.8. The lowest BCUT2D eigenvalue weighted by molar-refractivity contribution is -0.0450. The molecule has 1 unspecified atom stereocenters. The fourth-order valence-corrected chi connectivity index (χ4v) is 4.70. The highest BCUT2D eigenvalue weighted by molar-refractivity contribution is 7.13. The van der Waals surface area contributed by atoms with E-state index in [1.54, 1.807) is 24.5 Å². The average Bonchev–Trinajstić information content (AvgIpc) is 3.45. The van der Waals surface area contributed by atoms with Crippen molar-refractivity contribution >= 4 is 17.1 Å². The molecule has 1 aromatic heterocycles. The normalized spacial score (nSPS) is 11.5. The van der Waals surface area contributed by atoms with Crippen LogP contribution in [0.2, 0.25) is 0 Å². The first-order valence-corrected chi connectivity index (χ1v) is 15.8. The Morgan fingerprint density at radius 1 is 1.00 bits per heavy atom. The van der Waals surface area contributed by atoms with Gasteiger partial charge in [-0.25, -0.2) is 10.4 Å². The van der Waals surface area contributed by atoms with Crippen LogP contribution in [0.25, 0.3) is 10.4 Å². The monoisotopic (exact) mass is 599 g/mol. The van der Waals surface area contributed by atoms with Gasteiger partial charge in [0, 0.05) is 25.6 Å². The molecular weight excluding hydrogens is 550 g/mol. The fourth-order valence-electron chi connectivity index (χ4n) is 3.89. The standard InChI is InChI=1S/C17H25N3OS.C16H24O4/c1-4-5-6-13(2)21-20-19-11-15-7-9-16(10-8-15)17-14(3)18-12-22-17;1-3-4-8-16(17)14-6-5-7-15(13-14)20-12-11-19-10-9-18-2/h7-10,12-13,19-20H,4-6,11H2,1-3H3;5-7,13H,3-4,8-12H2,1-2H3. The van der Waals surface area contributed by atoms with Crippen molar-refractivity contribution in [2.24, 2.45) is 0 Å². The van der Waals surface area contributed by atoms with Crippen LogP contribution in [-0.4, -0.2) is 50.4 Å². The van der Waals surface area contributed by atoms with E-state index in [0.29, 0.717) is 38.6 Å². The molecule has 0 bridgehead atoms. The molecule has 2 N–H and O–H groups in total. The number of unbranched alkanes of at least 4 members (excludes halogenated alkanes) is 2. The van der Waals surface area contributed by atoms with Gasteiger partial charge in [-0.2, -0.15) is 0 Å². The number of Topliss-reactive ketones (excluding diaryl/α,β-unsaturated/α-hetero) is 1. The van der Waals surface area contributed by atoms with Crippen LogP contribution in [0.5, 0.6) is 5.75 Å². The van der Waals surface area contributed by atoms with Gasteiger partial charge in [0.1, 0.15) is 12.4 Å². The molecule has 0 saturated heterocycles. The molecule has 0 fully saturated rings. The molecule has 0 radical (unpaired) electrons. The number of hydrogen-bond donors (Lipinski definition) is 2. The predicted octanol–water partition coefficient (Wildman–Crippen LogP) is 7.32. The molecule has 8 nitrogen and oxygen atoms in total. The summed E-state index contributed by atoms with van der Waals surface area (Å²) in [4.78, 5) is 22.9. The maximum Gasteiger partial charge on any atom is 0.163 e. The molecule has 0 spiro atoms. The number of hydrazine groups is 1. The highest BCUT2D eigenvalue weighted by Gasteiger charge is 2.07. The summed E-state index contributed by atoms with van der Waals surface area (Å²) in [6.07, 6.45) is 6.25. The predicted molar refractivity (Wildman–Crippen MR) is 171 cm³/mol. The zero-order valence-electron chi connectivity index (χ0n) is 25.9. The number of hydrogen-bond acceptors (Lipinski definition) is 9. The quantitative estimate of drug-likeness (QED) is 0.0793. The fraction of sp³-hybridized carbons (Fsp3) is 0.515.